The van der Waals surface area contributed by atoms with Crippen LogP contribution < -0.4 is 4.74 Å². The summed E-state index contributed by atoms with van der Waals surface area (Å²) in [4.78, 5) is 10.6. The number of carbonyl (C=O) groups excluding carboxylic acids is 1. The van der Waals surface area contributed by atoms with E-state index in [-0.39, 0.29) is 6.79 Å². The Bertz CT molecular complexity index is 586. The van der Waals surface area contributed by atoms with Gasteiger partial charge in [-0.1, -0.05) is 50.1 Å². The van der Waals surface area contributed by atoms with Crippen molar-refractivity contribution in [2.24, 2.45) is 0 Å². The Morgan fingerprint density at radius 2 is 1.65 bits per heavy atom. The van der Waals surface area contributed by atoms with Crippen molar-refractivity contribution in [2.45, 2.75) is 0 Å². The van der Waals surface area contributed by atoms with E-state index in [2.05, 4.69) is 31.9 Å². The van der Waals surface area contributed by atoms with Crippen molar-refractivity contribution in [2.75, 3.05) is 37.8 Å². The minimum Gasteiger partial charge on any atom is -0.468 e. The SMILES string of the molecule is BrCCOCCBr.COCOc1ccc2cc(C=O)ccc2c1. The van der Waals surface area contributed by atoms with Crippen LogP contribution in [0.25, 0.3) is 10.8 Å². The predicted octanol–water partition coefficient (Wildman–Crippen LogP) is 4.43. The van der Waals surface area contributed by atoms with Gasteiger partial charge in [-0.2, -0.15) is 0 Å². The molecule has 0 radical (unpaired) electrons. The number of methoxy groups -OCH3 is 1. The molecule has 126 valence electrons. The van der Waals surface area contributed by atoms with Crippen LogP contribution in [-0.4, -0.2) is 44.1 Å². The van der Waals surface area contributed by atoms with Gasteiger partial charge in [-0.05, 0) is 29.0 Å². The molecule has 0 atom stereocenters. The number of benzene rings is 2. The van der Waals surface area contributed by atoms with Crippen molar-refractivity contribution in [1.29, 1.82) is 0 Å². The molecule has 0 aromatic heterocycles. The van der Waals surface area contributed by atoms with Crippen molar-refractivity contribution < 1.29 is 19.0 Å². The Morgan fingerprint density at radius 1 is 1.00 bits per heavy atom. The number of hydrogen-bond donors (Lipinski definition) is 0. The van der Waals surface area contributed by atoms with Crippen LogP contribution in [0.5, 0.6) is 5.75 Å². The number of carbonyl (C=O) groups is 1. The summed E-state index contributed by atoms with van der Waals surface area (Å²) >= 11 is 6.48. The molecule has 2 aromatic rings. The van der Waals surface area contributed by atoms with Crippen molar-refractivity contribution in [3.05, 3.63) is 42.0 Å². The van der Waals surface area contributed by atoms with Gasteiger partial charge in [0.2, 0.25) is 0 Å². The quantitative estimate of drug-likeness (QED) is 0.260. The van der Waals surface area contributed by atoms with Crippen LogP contribution in [0.4, 0.5) is 0 Å². The molecule has 0 aliphatic carbocycles. The number of ether oxygens (including phenoxy) is 3. The summed E-state index contributed by atoms with van der Waals surface area (Å²) in [5, 5.41) is 3.92. The first kappa shape index (κ1) is 20.1. The first-order valence-electron chi connectivity index (χ1n) is 7.05. The highest BCUT2D eigenvalue weighted by molar-refractivity contribution is 9.09. The monoisotopic (exact) mass is 446 g/mol. The molecule has 0 amide bonds. The zero-order valence-electron chi connectivity index (χ0n) is 13.0. The molecule has 6 heteroatoms. The molecule has 0 heterocycles. The lowest BCUT2D eigenvalue weighted by Gasteiger charge is -2.06. The summed E-state index contributed by atoms with van der Waals surface area (Å²) in [5.41, 5.74) is 0.679. The van der Waals surface area contributed by atoms with E-state index in [1.165, 1.54) is 0 Å². The minimum atomic E-state index is 0.234. The van der Waals surface area contributed by atoms with Gasteiger partial charge in [-0.25, -0.2) is 0 Å². The predicted molar refractivity (Wildman–Crippen MR) is 100 cm³/mol. The van der Waals surface area contributed by atoms with Crippen molar-refractivity contribution in [3.8, 4) is 5.75 Å². The van der Waals surface area contributed by atoms with Gasteiger partial charge in [0, 0.05) is 23.3 Å². The average molecular weight is 448 g/mol. The van der Waals surface area contributed by atoms with Gasteiger partial charge in [-0.3, -0.25) is 4.79 Å². The molecule has 0 saturated heterocycles. The number of aldehydes is 1. The molecular weight excluding hydrogens is 428 g/mol. The van der Waals surface area contributed by atoms with Gasteiger partial charge in [-0.15, -0.1) is 0 Å². The summed E-state index contributed by atoms with van der Waals surface area (Å²) in [7, 11) is 1.58. The zero-order valence-corrected chi connectivity index (χ0v) is 16.1. The lowest BCUT2D eigenvalue weighted by atomic mass is 10.1. The van der Waals surface area contributed by atoms with Gasteiger partial charge in [0.1, 0.15) is 12.0 Å². The Hall–Kier alpha value is -0.950. The van der Waals surface area contributed by atoms with E-state index in [9.17, 15) is 4.79 Å². The Kier molecular flexibility index (Phi) is 10.9. The summed E-state index contributed by atoms with van der Waals surface area (Å²) in [6.07, 6.45) is 0.842. The maximum absolute atomic E-state index is 10.6. The summed E-state index contributed by atoms with van der Waals surface area (Å²) in [6, 6.07) is 11.2. The zero-order chi connectivity index (χ0) is 16.9. The second-order valence-electron chi connectivity index (χ2n) is 4.43. The lowest BCUT2D eigenvalue weighted by Crippen LogP contribution is -1.98. The van der Waals surface area contributed by atoms with E-state index in [4.69, 9.17) is 14.2 Å². The number of alkyl halides is 2. The molecule has 0 aliphatic heterocycles. The summed E-state index contributed by atoms with van der Waals surface area (Å²) < 4.78 is 15.2. The molecule has 2 rings (SSSR count). The average Bonchev–Trinajstić information content (AvgIpc) is 2.60. The van der Waals surface area contributed by atoms with Gasteiger partial charge in [0.15, 0.2) is 6.79 Å². The standard InChI is InChI=1S/C13H12O3.C4H8Br2O/c1-15-9-16-13-5-4-11-6-10(8-14)2-3-12(11)7-13;5-1-3-7-4-2-6/h2-8H,9H2,1H3;1-4H2. The lowest BCUT2D eigenvalue weighted by molar-refractivity contribution is 0.0512. The maximum atomic E-state index is 10.6. The smallest absolute Gasteiger partial charge is 0.188 e. The third-order valence-electron chi connectivity index (χ3n) is 2.76. The molecule has 0 bridgehead atoms. The third-order valence-corrected chi connectivity index (χ3v) is 3.41. The number of hydrogen-bond acceptors (Lipinski definition) is 4. The topological polar surface area (TPSA) is 44.8 Å². The van der Waals surface area contributed by atoms with Crippen LogP contribution in [0.15, 0.2) is 36.4 Å². The van der Waals surface area contributed by atoms with E-state index in [0.29, 0.717) is 5.56 Å². The molecule has 4 nitrogen and oxygen atoms in total. The minimum absolute atomic E-state index is 0.234. The fourth-order valence-electron chi connectivity index (χ4n) is 1.74. The maximum Gasteiger partial charge on any atom is 0.188 e. The molecule has 2 aromatic carbocycles. The van der Waals surface area contributed by atoms with Crippen LogP contribution >= 0.6 is 31.9 Å². The number of fused-ring (bicyclic) bond motifs is 1. The Balaban J connectivity index is 0.000000322. The Labute approximate surface area is 153 Å². The fourth-order valence-corrected chi connectivity index (χ4v) is 2.20. The molecule has 0 unspecified atom stereocenters. The fraction of sp³-hybridized carbons (Fsp3) is 0.353. The van der Waals surface area contributed by atoms with E-state index in [0.717, 1.165) is 46.7 Å². The normalized spacial score (nSPS) is 10.0. The first-order chi connectivity index (χ1) is 11.2. The van der Waals surface area contributed by atoms with Crippen LogP contribution in [0, 0.1) is 0 Å². The van der Waals surface area contributed by atoms with E-state index < -0.39 is 0 Å². The number of halogens is 2. The second-order valence-corrected chi connectivity index (χ2v) is 6.01. The highest BCUT2D eigenvalue weighted by Gasteiger charge is 1.98. The Morgan fingerprint density at radius 3 is 2.26 bits per heavy atom. The second kappa shape index (κ2) is 12.5. The number of rotatable bonds is 8. The first-order valence-corrected chi connectivity index (χ1v) is 9.29. The molecule has 0 fully saturated rings. The molecule has 0 N–H and O–H groups in total. The molecule has 0 saturated carbocycles. The van der Waals surface area contributed by atoms with Crippen LogP contribution in [0.2, 0.25) is 0 Å². The third kappa shape index (κ3) is 7.92. The van der Waals surface area contributed by atoms with Gasteiger partial charge >= 0.3 is 0 Å². The van der Waals surface area contributed by atoms with E-state index in [1.54, 1.807) is 13.2 Å². The highest BCUT2D eigenvalue weighted by Crippen LogP contribution is 2.21. The van der Waals surface area contributed by atoms with Gasteiger partial charge in [0.25, 0.3) is 0 Å². The van der Waals surface area contributed by atoms with Crippen LogP contribution in [-0.2, 0) is 9.47 Å². The van der Waals surface area contributed by atoms with Gasteiger partial charge in [0.05, 0.1) is 13.2 Å². The van der Waals surface area contributed by atoms with Crippen molar-refractivity contribution >= 4 is 48.9 Å². The molecule has 23 heavy (non-hydrogen) atoms. The highest BCUT2D eigenvalue weighted by atomic mass is 79.9. The van der Waals surface area contributed by atoms with Crippen LogP contribution in [0.3, 0.4) is 0 Å². The molecule has 0 spiro atoms. The van der Waals surface area contributed by atoms with Crippen molar-refractivity contribution in [3.63, 3.8) is 0 Å². The van der Waals surface area contributed by atoms with E-state index in [1.807, 2.05) is 30.3 Å². The van der Waals surface area contributed by atoms with Crippen LogP contribution in [0.1, 0.15) is 10.4 Å². The van der Waals surface area contributed by atoms with Crippen molar-refractivity contribution in [1.82, 2.24) is 0 Å². The molecular formula is C17H20Br2O4. The van der Waals surface area contributed by atoms with E-state index >= 15 is 0 Å². The summed E-state index contributed by atoms with van der Waals surface area (Å²) in [5.74, 6) is 0.758. The summed E-state index contributed by atoms with van der Waals surface area (Å²) in [6.45, 7) is 1.86. The largest absolute Gasteiger partial charge is 0.468 e. The molecule has 0 aliphatic rings. The van der Waals surface area contributed by atoms with Gasteiger partial charge < -0.3 is 14.2 Å².